The van der Waals surface area contributed by atoms with Gasteiger partial charge in [0.1, 0.15) is 5.04 Å². The van der Waals surface area contributed by atoms with Gasteiger partial charge in [-0.25, -0.2) is 4.99 Å². The molecule has 2 aromatic rings. The molecule has 1 aliphatic heterocycles. The summed E-state index contributed by atoms with van der Waals surface area (Å²) in [6, 6.07) is 16.4. The van der Waals surface area contributed by atoms with E-state index in [0.29, 0.717) is 4.91 Å². The number of benzene rings is 2. The van der Waals surface area contributed by atoms with Crippen LogP contribution in [0.4, 0.5) is 0 Å². The van der Waals surface area contributed by atoms with Crippen molar-refractivity contribution in [3.63, 3.8) is 0 Å². The average Bonchev–Trinajstić information content (AvgIpc) is 2.90. The van der Waals surface area contributed by atoms with Crippen LogP contribution in [0.1, 0.15) is 29.2 Å². The van der Waals surface area contributed by atoms with Crippen LogP contribution in [0.25, 0.3) is 6.08 Å². The first-order valence-electron chi connectivity index (χ1n) is 7.34. The summed E-state index contributed by atoms with van der Waals surface area (Å²) >= 11 is 1.44. The lowest BCUT2D eigenvalue weighted by Crippen LogP contribution is -1.90. The van der Waals surface area contributed by atoms with E-state index in [2.05, 4.69) is 24.0 Å². The van der Waals surface area contributed by atoms with E-state index in [0.717, 1.165) is 22.6 Å². The minimum Gasteiger partial charge on any atom is -0.266 e. The molecule has 110 valence electrons. The highest BCUT2D eigenvalue weighted by atomic mass is 32.2. The number of carbonyl (C=O) groups excluding carboxylic acids is 1. The van der Waals surface area contributed by atoms with Gasteiger partial charge in [-0.15, -0.1) is 0 Å². The van der Waals surface area contributed by atoms with Gasteiger partial charge in [0.25, 0.3) is 5.91 Å². The fourth-order valence-electron chi connectivity index (χ4n) is 2.23. The first-order valence-corrected chi connectivity index (χ1v) is 8.16. The number of rotatable bonds is 3. The Labute approximate surface area is 135 Å². The summed E-state index contributed by atoms with van der Waals surface area (Å²) in [5.74, 6) is -0.153. The molecule has 0 aromatic heterocycles. The van der Waals surface area contributed by atoms with E-state index in [-0.39, 0.29) is 5.91 Å². The summed E-state index contributed by atoms with van der Waals surface area (Å²) in [5.41, 5.74) is 4.52. The molecule has 0 radical (unpaired) electrons. The van der Waals surface area contributed by atoms with Crippen molar-refractivity contribution < 1.29 is 4.79 Å². The summed E-state index contributed by atoms with van der Waals surface area (Å²) in [6.45, 7) is 4.18. The monoisotopic (exact) mass is 307 g/mol. The Bertz CT molecular complexity index is 755. The number of hydrogen-bond acceptors (Lipinski definition) is 2. The summed E-state index contributed by atoms with van der Waals surface area (Å²) in [7, 11) is 0. The lowest BCUT2D eigenvalue weighted by atomic mass is 10.1. The van der Waals surface area contributed by atoms with E-state index in [4.69, 9.17) is 0 Å². The lowest BCUT2D eigenvalue weighted by Gasteiger charge is -2.00. The first kappa shape index (κ1) is 14.8. The highest BCUT2D eigenvalue weighted by molar-refractivity contribution is 8.19. The summed E-state index contributed by atoms with van der Waals surface area (Å²) < 4.78 is 0. The second-order valence-corrected chi connectivity index (χ2v) is 6.32. The van der Waals surface area contributed by atoms with Gasteiger partial charge in [-0.05, 0) is 30.5 Å². The fourth-order valence-corrected chi connectivity index (χ4v) is 3.15. The fraction of sp³-hybridized carbons (Fsp3) is 0.158. The summed E-state index contributed by atoms with van der Waals surface area (Å²) in [6.07, 6.45) is 2.93. The van der Waals surface area contributed by atoms with Crippen molar-refractivity contribution in [2.45, 2.75) is 20.3 Å². The second-order valence-electron chi connectivity index (χ2n) is 5.29. The normalized spacial score (nSPS) is 16.2. The SMILES string of the molecule is CCc1ccc(C=C2SC(c3ccc(C)cc3)=NC2=O)cc1. The number of hydrogen-bond donors (Lipinski definition) is 0. The van der Waals surface area contributed by atoms with Crippen LogP contribution in [0, 0.1) is 6.92 Å². The number of carbonyl (C=O) groups is 1. The van der Waals surface area contributed by atoms with Gasteiger partial charge in [-0.3, -0.25) is 4.79 Å². The number of thioether (sulfide) groups is 1. The maximum atomic E-state index is 12.1. The van der Waals surface area contributed by atoms with Crippen LogP contribution in [0.2, 0.25) is 0 Å². The van der Waals surface area contributed by atoms with Crippen molar-refractivity contribution >= 4 is 28.8 Å². The molecule has 0 spiro atoms. The molecule has 0 bridgehead atoms. The van der Waals surface area contributed by atoms with Gasteiger partial charge in [-0.1, -0.05) is 72.8 Å². The van der Waals surface area contributed by atoms with Crippen LogP contribution in [0.15, 0.2) is 58.4 Å². The van der Waals surface area contributed by atoms with Crippen molar-refractivity contribution in [1.29, 1.82) is 0 Å². The Kier molecular flexibility index (Phi) is 4.25. The van der Waals surface area contributed by atoms with Gasteiger partial charge in [-0.2, -0.15) is 0 Å². The Morgan fingerprint density at radius 3 is 2.36 bits per heavy atom. The summed E-state index contributed by atoms with van der Waals surface area (Å²) in [4.78, 5) is 16.9. The zero-order valence-corrected chi connectivity index (χ0v) is 13.5. The maximum Gasteiger partial charge on any atom is 0.284 e. The van der Waals surface area contributed by atoms with Crippen molar-refractivity contribution in [3.8, 4) is 0 Å². The highest BCUT2D eigenvalue weighted by Crippen LogP contribution is 2.31. The van der Waals surface area contributed by atoms with Crippen molar-refractivity contribution in [1.82, 2.24) is 0 Å². The predicted molar refractivity (Wildman–Crippen MR) is 94.1 cm³/mol. The van der Waals surface area contributed by atoms with Crippen LogP contribution in [0.3, 0.4) is 0 Å². The molecule has 22 heavy (non-hydrogen) atoms. The molecule has 0 saturated heterocycles. The number of nitrogens with zero attached hydrogens (tertiary/aromatic N) is 1. The van der Waals surface area contributed by atoms with Gasteiger partial charge in [0.05, 0.1) is 4.91 Å². The maximum absolute atomic E-state index is 12.1. The Balaban J connectivity index is 1.81. The minimum absolute atomic E-state index is 0.153. The molecule has 0 atom stereocenters. The Morgan fingerprint density at radius 1 is 1.05 bits per heavy atom. The Hall–Kier alpha value is -2.13. The van der Waals surface area contributed by atoms with E-state index in [1.54, 1.807) is 0 Å². The van der Waals surface area contributed by atoms with Crippen molar-refractivity contribution in [3.05, 3.63) is 75.7 Å². The standard InChI is InChI=1S/C19H17NOS/c1-3-14-6-8-15(9-7-14)12-17-18(21)20-19(22-17)16-10-4-13(2)5-11-16/h4-12H,3H2,1-2H3. The predicted octanol–water partition coefficient (Wildman–Crippen LogP) is 4.62. The molecule has 2 nitrogen and oxygen atoms in total. The molecule has 0 saturated carbocycles. The topological polar surface area (TPSA) is 29.4 Å². The zero-order chi connectivity index (χ0) is 15.5. The molecule has 3 rings (SSSR count). The van der Waals surface area contributed by atoms with Crippen LogP contribution in [-0.4, -0.2) is 11.0 Å². The molecule has 3 heteroatoms. The van der Waals surface area contributed by atoms with Crippen molar-refractivity contribution in [2.75, 3.05) is 0 Å². The molecular weight excluding hydrogens is 290 g/mol. The second kappa shape index (κ2) is 6.32. The van der Waals surface area contributed by atoms with Crippen LogP contribution >= 0.6 is 11.8 Å². The van der Waals surface area contributed by atoms with E-state index in [1.165, 1.54) is 22.9 Å². The van der Waals surface area contributed by atoms with E-state index in [9.17, 15) is 4.79 Å². The lowest BCUT2D eigenvalue weighted by molar-refractivity contribution is -0.113. The molecule has 0 aliphatic carbocycles. The van der Waals surface area contributed by atoms with E-state index < -0.39 is 0 Å². The molecule has 0 unspecified atom stereocenters. The average molecular weight is 307 g/mol. The Morgan fingerprint density at radius 2 is 1.73 bits per heavy atom. The smallest absolute Gasteiger partial charge is 0.266 e. The first-order chi connectivity index (χ1) is 10.7. The quantitative estimate of drug-likeness (QED) is 0.774. The molecule has 2 aromatic carbocycles. The highest BCUT2D eigenvalue weighted by Gasteiger charge is 2.22. The van der Waals surface area contributed by atoms with Crippen LogP contribution in [0.5, 0.6) is 0 Å². The third kappa shape index (κ3) is 3.20. The largest absolute Gasteiger partial charge is 0.284 e. The molecule has 1 amide bonds. The third-order valence-corrected chi connectivity index (χ3v) is 4.64. The molecule has 0 fully saturated rings. The third-order valence-electron chi connectivity index (χ3n) is 3.60. The molecular formula is C19H17NOS. The van der Waals surface area contributed by atoms with E-state index >= 15 is 0 Å². The number of aliphatic imine (C=N–C) groups is 1. The van der Waals surface area contributed by atoms with Gasteiger partial charge in [0, 0.05) is 5.56 Å². The molecule has 0 N–H and O–H groups in total. The number of amides is 1. The van der Waals surface area contributed by atoms with Gasteiger partial charge >= 0.3 is 0 Å². The zero-order valence-electron chi connectivity index (χ0n) is 12.7. The minimum atomic E-state index is -0.153. The van der Waals surface area contributed by atoms with Crippen LogP contribution in [-0.2, 0) is 11.2 Å². The van der Waals surface area contributed by atoms with Gasteiger partial charge in [0.2, 0.25) is 0 Å². The summed E-state index contributed by atoms with van der Waals surface area (Å²) in [5, 5.41) is 0.779. The van der Waals surface area contributed by atoms with Crippen molar-refractivity contribution in [2.24, 2.45) is 4.99 Å². The molecule has 1 heterocycles. The van der Waals surface area contributed by atoms with Crippen LogP contribution < -0.4 is 0 Å². The number of aryl methyl sites for hydroxylation is 2. The van der Waals surface area contributed by atoms with Gasteiger partial charge < -0.3 is 0 Å². The van der Waals surface area contributed by atoms with E-state index in [1.807, 2.05) is 49.4 Å². The molecule has 1 aliphatic rings. The van der Waals surface area contributed by atoms with Gasteiger partial charge in [0.15, 0.2) is 0 Å².